The van der Waals surface area contributed by atoms with Gasteiger partial charge in [-0.2, -0.15) is 17.0 Å². The maximum Gasteiger partial charge on any atom is 0.281 e. The van der Waals surface area contributed by atoms with Crippen molar-refractivity contribution in [3.63, 3.8) is 0 Å². The van der Waals surface area contributed by atoms with E-state index in [1.165, 1.54) is 22.7 Å². The number of hydrogen-bond donors (Lipinski definition) is 0. The molecule has 1 spiro atoms. The molecule has 2 saturated heterocycles. The minimum atomic E-state index is -3.48. The number of nitrogens with zero attached hydrogens (tertiary/aromatic N) is 3. The zero-order valence-corrected chi connectivity index (χ0v) is 16.5. The molecule has 0 saturated carbocycles. The van der Waals surface area contributed by atoms with Gasteiger partial charge in [-0.3, -0.25) is 4.79 Å². The van der Waals surface area contributed by atoms with E-state index in [-0.39, 0.29) is 12.5 Å². The van der Waals surface area contributed by atoms with Gasteiger partial charge in [0.05, 0.1) is 12.5 Å². The Morgan fingerprint density at radius 1 is 1.23 bits per heavy atom. The Morgan fingerprint density at radius 3 is 2.69 bits per heavy atom. The number of benzene rings is 1. The van der Waals surface area contributed by atoms with Gasteiger partial charge >= 0.3 is 0 Å². The first kappa shape index (κ1) is 19.1. The summed E-state index contributed by atoms with van der Waals surface area (Å²) in [6, 6.07) is 7.71. The number of likely N-dealkylation sites (tertiary alicyclic amines) is 1. The highest BCUT2D eigenvalue weighted by Crippen LogP contribution is 2.41. The summed E-state index contributed by atoms with van der Waals surface area (Å²) in [4.78, 5) is 15.1. The average molecular weight is 381 g/mol. The Labute approximate surface area is 155 Å². The molecule has 3 rings (SSSR count). The summed E-state index contributed by atoms with van der Waals surface area (Å²) in [6.45, 7) is 1.91. The predicted molar refractivity (Wildman–Crippen MR) is 98.9 cm³/mol. The predicted octanol–water partition coefficient (Wildman–Crippen LogP) is 1.32. The molecule has 2 fully saturated rings. The summed E-state index contributed by atoms with van der Waals surface area (Å²) >= 11 is 0. The molecule has 8 heteroatoms. The molecule has 1 amide bonds. The van der Waals surface area contributed by atoms with Crippen LogP contribution in [0.15, 0.2) is 24.3 Å². The van der Waals surface area contributed by atoms with E-state index in [1.54, 1.807) is 7.11 Å². The minimum Gasteiger partial charge on any atom is -0.497 e. The van der Waals surface area contributed by atoms with Gasteiger partial charge in [0.2, 0.25) is 5.91 Å². The number of rotatable bonds is 5. The minimum absolute atomic E-state index is 0.0722. The first-order chi connectivity index (χ1) is 12.3. The SMILES string of the molecule is COc1cccc(CN2CCCC3(CCN(S(=O)(=O)N(C)C)C3)C2=O)c1. The van der Waals surface area contributed by atoms with Crippen LogP contribution in [-0.2, 0) is 21.5 Å². The number of carbonyl (C=O) groups excluding carboxylic acids is 1. The van der Waals surface area contributed by atoms with Crippen LogP contribution < -0.4 is 4.74 Å². The second-order valence-electron chi connectivity index (χ2n) is 7.34. The van der Waals surface area contributed by atoms with E-state index in [0.29, 0.717) is 26.1 Å². The van der Waals surface area contributed by atoms with Crippen LogP contribution in [-0.4, -0.2) is 68.7 Å². The highest BCUT2D eigenvalue weighted by molar-refractivity contribution is 7.86. The van der Waals surface area contributed by atoms with Gasteiger partial charge in [0.15, 0.2) is 0 Å². The second kappa shape index (κ2) is 7.17. The Hall–Kier alpha value is -1.64. The van der Waals surface area contributed by atoms with Crippen LogP contribution in [0.25, 0.3) is 0 Å². The molecule has 1 aromatic carbocycles. The van der Waals surface area contributed by atoms with Gasteiger partial charge in [-0.1, -0.05) is 12.1 Å². The molecule has 2 heterocycles. The van der Waals surface area contributed by atoms with Gasteiger partial charge in [0.25, 0.3) is 10.2 Å². The fourth-order valence-electron chi connectivity index (χ4n) is 3.94. The van der Waals surface area contributed by atoms with Gasteiger partial charge in [-0.25, -0.2) is 0 Å². The third-order valence-corrected chi connectivity index (χ3v) is 7.33. The highest BCUT2D eigenvalue weighted by atomic mass is 32.2. The van der Waals surface area contributed by atoms with E-state index in [2.05, 4.69) is 0 Å². The zero-order chi connectivity index (χ0) is 18.9. The molecule has 0 radical (unpaired) electrons. The highest BCUT2D eigenvalue weighted by Gasteiger charge is 2.51. The van der Waals surface area contributed by atoms with E-state index >= 15 is 0 Å². The van der Waals surface area contributed by atoms with Crippen molar-refractivity contribution in [2.45, 2.75) is 25.8 Å². The van der Waals surface area contributed by atoms with E-state index in [1.807, 2.05) is 29.2 Å². The van der Waals surface area contributed by atoms with Crippen molar-refractivity contribution in [3.05, 3.63) is 29.8 Å². The Morgan fingerprint density at radius 2 is 2.00 bits per heavy atom. The van der Waals surface area contributed by atoms with Crippen molar-refractivity contribution in [2.75, 3.05) is 40.8 Å². The smallest absolute Gasteiger partial charge is 0.281 e. The molecule has 144 valence electrons. The molecular weight excluding hydrogens is 354 g/mol. The molecule has 1 unspecified atom stereocenters. The van der Waals surface area contributed by atoms with Crippen LogP contribution in [0.5, 0.6) is 5.75 Å². The van der Waals surface area contributed by atoms with Crippen molar-refractivity contribution in [3.8, 4) is 5.75 Å². The lowest BCUT2D eigenvalue weighted by Crippen LogP contribution is -2.50. The summed E-state index contributed by atoms with van der Waals surface area (Å²) in [6.07, 6.45) is 2.24. The third kappa shape index (κ3) is 3.45. The largest absolute Gasteiger partial charge is 0.497 e. The fraction of sp³-hybridized carbons (Fsp3) is 0.611. The Bertz CT molecular complexity index is 780. The van der Waals surface area contributed by atoms with Crippen LogP contribution in [0.4, 0.5) is 0 Å². The van der Waals surface area contributed by atoms with Gasteiger partial charge in [-0.15, -0.1) is 0 Å². The average Bonchev–Trinajstić information content (AvgIpc) is 3.05. The number of carbonyl (C=O) groups is 1. The van der Waals surface area contributed by atoms with Crippen LogP contribution in [0, 0.1) is 5.41 Å². The third-order valence-electron chi connectivity index (χ3n) is 5.44. The maximum atomic E-state index is 13.2. The van der Waals surface area contributed by atoms with E-state index in [4.69, 9.17) is 4.74 Å². The van der Waals surface area contributed by atoms with Gasteiger partial charge in [-0.05, 0) is 37.0 Å². The normalized spacial score (nSPS) is 24.6. The van der Waals surface area contributed by atoms with Crippen molar-refractivity contribution >= 4 is 16.1 Å². The van der Waals surface area contributed by atoms with Crippen LogP contribution in [0.2, 0.25) is 0 Å². The maximum absolute atomic E-state index is 13.2. The lowest BCUT2D eigenvalue weighted by atomic mass is 9.78. The van der Waals surface area contributed by atoms with E-state index in [9.17, 15) is 13.2 Å². The quantitative estimate of drug-likeness (QED) is 0.771. The van der Waals surface area contributed by atoms with E-state index in [0.717, 1.165) is 24.2 Å². The second-order valence-corrected chi connectivity index (χ2v) is 9.48. The summed E-state index contributed by atoms with van der Waals surface area (Å²) in [5.41, 5.74) is 0.436. The summed E-state index contributed by atoms with van der Waals surface area (Å²) in [5.74, 6) is 0.841. The lowest BCUT2D eigenvalue weighted by molar-refractivity contribution is -0.146. The molecule has 1 aromatic rings. The molecule has 0 aromatic heterocycles. The Balaban J connectivity index is 1.76. The van der Waals surface area contributed by atoms with Crippen molar-refractivity contribution in [1.82, 2.24) is 13.5 Å². The molecule has 7 nitrogen and oxygen atoms in total. The van der Waals surface area contributed by atoms with Crippen molar-refractivity contribution in [1.29, 1.82) is 0 Å². The summed E-state index contributed by atoms with van der Waals surface area (Å²) < 4.78 is 32.8. The number of ether oxygens (including phenoxy) is 1. The molecule has 26 heavy (non-hydrogen) atoms. The zero-order valence-electron chi connectivity index (χ0n) is 15.6. The van der Waals surface area contributed by atoms with Crippen LogP contribution in [0.1, 0.15) is 24.8 Å². The Kier molecular flexibility index (Phi) is 5.28. The molecule has 0 bridgehead atoms. The standard InChI is InChI=1S/C18H27N3O4S/c1-19(2)26(23,24)21-11-9-18(14-21)8-5-10-20(17(18)22)13-15-6-4-7-16(12-15)25-3/h4,6-7,12H,5,8-11,13-14H2,1-3H3. The van der Waals surface area contributed by atoms with Crippen molar-refractivity contribution in [2.24, 2.45) is 5.41 Å². The summed E-state index contributed by atoms with van der Waals surface area (Å²) in [5, 5.41) is 0. The number of amides is 1. The number of piperidine rings is 1. The summed E-state index contributed by atoms with van der Waals surface area (Å²) in [7, 11) is 1.19. The van der Waals surface area contributed by atoms with Gasteiger partial charge in [0.1, 0.15) is 5.75 Å². The number of methoxy groups -OCH3 is 1. The van der Waals surface area contributed by atoms with E-state index < -0.39 is 15.6 Å². The molecule has 0 aliphatic carbocycles. The van der Waals surface area contributed by atoms with Crippen molar-refractivity contribution < 1.29 is 17.9 Å². The molecule has 2 aliphatic heterocycles. The molecule has 2 aliphatic rings. The first-order valence-corrected chi connectivity index (χ1v) is 10.3. The molecule has 0 N–H and O–H groups in total. The topological polar surface area (TPSA) is 70.2 Å². The molecule has 1 atom stereocenters. The van der Waals surface area contributed by atoms with Crippen LogP contribution in [0.3, 0.4) is 0 Å². The molecular formula is C18H27N3O4S. The van der Waals surface area contributed by atoms with Gasteiger partial charge < -0.3 is 9.64 Å². The lowest BCUT2D eigenvalue weighted by Gasteiger charge is -2.39. The first-order valence-electron chi connectivity index (χ1n) is 8.88. The number of hydrogen-bond acceptors (Lipinski definition) is 4. The monoisotopic (exact) mass is 381 g/mol. The van der Waals surface area contributed by atoms with Crippen LogP contribution >= 0.6 is 0 Å². The fourth-order valence-corrected chi connectivity index (χ4v) is 5.13. The van der Waals surface area contributed by atoms with Gasteiger partial charge in [0, 0.05) is 40.3 Å².